The molecule has 0 atom stereocenters. The van der Waals surface area contributed by atoms with Crippen LogP contribution in [0.5, 0.6) is 0 Å². The Morgan fingerprint density at radius 2 is 1.91 bits per heavy atom. The van der Waals surface area contributed by atoms with Gasteiger partial charge in [-0.25, -0.2) is 13.5 Å². The van der Waals surface area contributed by atoms with Crippen LogP contribution in [0, 0.1) is 28.7 Å². The van der Waals surface area contributed by atoms with Gasteiger partial charge in [-0.05, 0) is 36.6 Å². The van der Waals surface area contributed by atoms with Gasteiger partial charge in [-0.3, -0.25) is 24.6 Å². The zero-order valence-electron chi connectivity index (χ0n) is 17.6. The van der Waals surface area contributed by atoms with Crippen molar-refractivity contribution in [3.8, 4) is 5.69 Å². The molecular weight excluding hydrogens is 466 g/mol. The standard InChI is InChI=1S/C23H16F2N4O4S/c1-14-11-21(30)22(26-28(14)19-6-2-3-7-20(19)29(32)33)23(31)27(13-16-5-4-10-34-16)18-9-8-15(24)12-17(18)25/h2-12H,13H2,1H3. The number of para-hydroxylation sites is 2. The quantitative estimate of drug-likeness (QED) is 0.295. The third-order valence-corrected chi connectivity index (χ3v) is 5.82. The smallest absolute Gasteiger partial charge is 0.294 e. The summed E-state index contributed by atoms with van der Waals surface area (Å²) < 4.78 is 29.3. The summed E-state index contributed by atoms with van der Waals surface area (Å²) >= 11 is 1.31. The Morgan fingerprint density at radius 3 is 2.59 bits per heavy atom. The number of rotatable bonds is 6. The Bertz CT molecular complexity index is 1450. The molecule has 34 heavy (non-hydrogen) atoms. The average molecular weight is 482 g/mol. The molecule has 4 rings (SSSR count). The summed E-state index contributed by atoms with van der Waals surface area (Å²) in [6, 6.07) is 13.1. The molecule has 1 amide bonds. The maximum Gasteiger partial charge on any atom is 0.294 e. The molecule has 0 saturated carbocycles. The number of hydrogen-bond acceptors (Lipinski definition) is 6. The molecule has 172 valence electrons. The number of carbonyl (C=O) groups is 1. The van der Waals surface area contributed by atoms with Crippen LogP contribution in [0.3, 0.4) is 0 Å². The second-order valence-corrected chi connectivity index (χ2v) is 8.25. The number of benzene rings is 2. The van der Waals surface area contributed by atoms with Crippen molar-refractivity contribution in [1.82, 2.24) is 9.78 Å². The van der Waals surface area contributed by atoms with Crippen LogP contribution in [0.2, 0.25) is 0 Å². The first-order chi connectivity index (χ1) is 16.3. The minimum atomic E-state index is -0.990. The number of nitro groups is 1. The van der Waals surface area contributed by atoms with Gasteiger partial charge in [0.1, 0.15) is 17.3 Å². The highest BCUT2D eigenvalue weighted by Gasteiger charge is 2.27. The molecule has 0 bridgehead atoms. The van der Waals surface area contributed by atoms with Crippen molar-refractivity contribution >= 4 is 28.6 Å². The minimum Gasteiger partial charge on any atom is -0.299 e. The summed E-state index contributed by atoms with van der Waals surface area (Å²) in [5, 5.41) is 17.4. The first kappa shape index (κ1) is 22.9. The van der Waals surface area contributed by atoms with Gasteiger partial charge in [0.25, 0.3) is 11.6 Å². The largest absolute Gasteiger partial charge is 0.299 e. The van der Waals surface area contributed by atoms with E-state index in [0.717, 1.165) is 27.8 Å². The third kappa shape index (κ3) is 4.46. The molecular formula is C23H16F2N4O4S. The van der Waals surface area contributed by atoms with Gasteiger partial charge in [-0.15, -0.1) is 11.3 Å². The van der Waals surface area contributed by atoms with Gasteiger partial charge in [0.05, 0.1) is 17.2 Å². The molecule has 2 aromatic carbocycles. The predicted octanol–water partition coefficient (Wildman–Crippen LogP) is 4.64. The van der Waals surface area contributed by atoms with E-state index >= 15 is 0 Å². The van der Waals surface area contributed by atoms with E-state index in [-0.39, 0.29) is 29.3 Å². The van der Waals surface area contributed by atoms with Crippen molar-refractivity contribution in [2.75, 3.05) is 4.90 Å². The zero-order valence-corrected chi connectivity index (χ0v) is 18.5. The third-order valence-electron chi connectivity index (χ3n) is 4.96. The number of nitrogens with zero attached hydrogens (tertiary/aromatic N) is 4. The van der Waals surface area contributed by atoms with Crippen molar-refractivity contribution in [2.45, 2.75) is 13.5 Å². The van der Waals surface area contributed by atoms with E-state index in [9.17, 15) is 28.5 Å². The van der Waals surface area contributed by atoms with Crippen LogP contribution in [-0.2, 0) is 6.54 Å². The number of amides is 1. The Labute approximate surface area is 195 Å². The lowest BCUT2D eigenvalue weighted by Crippen LogP contribution is -2.36. The van der Waals surface area contributed by atoms with Crippen LogP contribution in [0.4, 0.5) is 20.2 Å². The molecule has 0 N–H and O–H groups in total. The monoisotopic (exact) mass is 482 g/mol. The molecule has 4 aromatic rings. The lowest BCUT2D eigenvalue weighted by atomic mass is 10.2. The summed E-state index contributed by atoms with van der Waals surface area (Å²) in [7, 11) is 0. The molecule has 0 aliphatic heterocycles. The fourth-order valence-corrected chi connectivity index (χ4v) is 4.08. The van der Waals surface area contributed by atoms with E-state index in [1.165, 1.54) is 36.5 Å². The molecule has 11 heteroatoms. The predicted molar refractivity (Wildman–Crippen MR) is 122 cm³/mol. The lowest BCUT2D eigenvalue weighted by molar-refractivity contribution is -0.384. The molecule has 0 aliphatic rings. The van der Waals surface area contributed by atoms with E-state index in [1.54, 1.807) is 23.6 Å². The molecule has 0 unspecified atom stereocenters. The van der Waals surface area contributed by atoms with Crippen LogP contribution >= 0.6 is 11.3 Å². The van der Waals surface area contributed by atoms with Crippen molar-refractivity contribution < 1.29 is 18.5 Å². The van der Waals surface area contributed by atoms with Gasteiger partial charge in [0.2, 0.25) is 5.43 Å². The first-order valence-corrected chi connectivity index (χ1v) is 10.8. The molecule has 0 radical (unpaired) electrons. The van der Waals surface area contributed by atoms with Crippen LogP contribution in [-0.4, -0.2) is 20.6 Å². The summed E-state index contributed by atoms with van der Waals surface area (Å²) in [6.45, 7) is 1.42. The maximum atomic E-state index is 14.6. The van der Waals surface area contributed by atoms with E-state index in [0.29, 0.717) is 10.9 Å². The fourth-order valence-electron chi connectivity index (χ4n) is 3.39. The topological polar surface area (TPSA) is 98.3 Å². The minimum absolute atomic E-state index is 0.0526. The summed E-state index contributed by atoms with van der Waals surface area (Å²) in [4.78, 5) is 38.8. The van der Waals surface area contributed by atoms with E-state index in [4.69, 9.17) is 0 Å². The van der Waals surface area contributed by atoms with Gasteiger partial charge < -0.3 is 0 Å². The Balaban J connectivity index is 1.86. The summed E-state index contributed by atoms with van der Waals surface area (Å²) in [5.41, 5.74) is -1.51. The Morgan fingerprint density at radius 1 is 1.15 bits per heavy atom. The van der Waals surface area contributed by atoms with Crippen LogP contribution in [0.15, 0.2) is 70.8 Å². The van der Waals surface area contributed by atoms with Crippen molar-refractivity contribution in [3.05, 3.63) is 114 Å². The number of nitro benzene ring substituents is 1. The zero-order chi connectivity index (χ0) is 24.4. The average Bonchev–Trinajstić information content (AvgIpc) is 3.31. The fraction of sp³-hybridized carbons (Fsp3) is 0.0870. The van der Waals surface area contributed by atoms with Crippen LogP contribution in [0.25, 0.3) is 5.69 Å². The number of carbonyl (C=O) groups excluding carboxylic acids is 1. The van der Waals surface area contributed by atoms with Gasteiger partial charge in [-0.2, -0.15) is 5.10 Å². The maximum absolute atomic E-state index is 14.6. The number of hydrogen-bond donors (Lipinski definition) is 0. The van der Waals surface area contributed by atoms with Crippen LogP contribution < -0.4 is 10.3 Å². The molecule has 0 fully saturated rings. The van der Waals surface area contributed by atoms with Crippen molar-refractivity contribution in [1.29, 1.82) is 0 Å². The summed E-state index contributed by atoms with van der Waals surface area (Å²) in [6.07, 6.45) is 0. The molecule has 2 aromatic heterocycles. The second kappa shape index (κ2) is 9.32. The number of thiophene rings is 1. The Kier molecular flexibility index (Phi) is 6.28. The summed E-state index contributed by atoms with van der Waals surface area (Å²) in [5.74, 6) is -2.75. The number of halogens is 2. The first-order valence-electron chi connectivity index (χ1n) is 9.90. The van der Waals surface area contributed by atoms with Crippen LogP contribution in [0.1, 0.15) is 21.1 Å². The van der Waals surface area contributed by atoms with Crippen molar-refractivity contribution in [3.63, 3.8) is 0 Å². The van der Waals surface area contributed by atoms with Gasteiger partial charge in [0.15, 0.2) is 5.69 Å². The second-order valence-electron chi connectivity index (χ2n) is 7.22. The highest BCUT2D eigenvalue weighted by Crippen LogP contribution is 2.26. The SMILES string of the molecule is Cc1cc(=O)c(C(=O)N(Cc2cccs2)c2ccc(F)cc2F)nn1-c1ccccc1[N+](=O)[O-]. The lowest BCUT2D eigenvalue weighted by Gasteiger charge is -2.23. The van der Waals surface area contributed by atoms with Gasteiger partial charge >= 0.3 is 0 Å². The van der Waals surface area contributed by atoms with E-state index < -0.39 is 33.6 Å². The molecule has 0 saturated heterocycles. The molecule has 2 heterocycles. The molecule has 0 aliphatic carbocycles. The van der Waals surface area contributed by atoms with E-state index in [2.05, 4.69) is 5.10 Å². The normalized spacial score (nSPS) is 10.8. The number of aryl methyl sites for hydroxylation is 1. The van der Waals surface area contributed by atoms with Gasteiger partial charge in [-0.1, -0.05) is 18.2 Å². The molecule has 8 nitrogen and oxygen atoms in total. The highest BCUT2D eigenvalue weighted by molar-refractivity contribution is 7.09. The number of anilines is 1. The van der Waals surface area contributed by atoms with E-state index in [1.807, 2.05) is 0 Å². The highest BCUT2D eigenvalue weighted by atomic mass is 32.1. The Hall–Kier alpha value is -4.25. The number of aromatic nitrogens is 2. The molecule has 0 spiro atoms. The van der Waals surface area contributed by atoms with Crippen molar-refractivity contribution in [2.24, 2.45) is 0 Å². The van der Waals surface area contributed by atoms with Gasteiger partial charge in [0, 0.05) is 28.8 Å².